The first kappa shape index (κ1) is 26.1. The lowest BCUT2D eigenvalue weighted by atomic mass is 9.87. The minimum absolute atomic E-state index is 0.00469. The van der Waals surface area contributed by atoms with Crippen LogP contribution in [0.4, 0.5) is 13.2 Å². The number of nitrogens with one attached hydrogen (secondary N) is 2. The number of aromatic amines is 1. The molecule has 0 aliphatic heterocycles. The van der Waals surface area contributed by atoms with Crippen LogP contribution in [0.15, 0.2) is 66.9 Å². The van der Waals surface area contributed by atoms with Crippen LogP contribution in [0.3, 0.4) is 0 Å². The van der Waals surface area contributed by atoms with Gasteiger partial charge in [-0.2, -0.15) is 13.2 Å². The average Bonchev–Trinajstić information content (AvgIpc) is 3.34. The third-order valence-corrected chi connectivity index (χ3v) is 6.53. The molecular formula is C29H29F3N2O3. The van der Waals surface area contributed by atoms with Crippen molar-refractivity contribution in [2.24, 2.45) is 0 Å². The highest BCUT2D eigenvalue weighted by Gasteiger charge is 2.30. The Hall–Kier alpha value is -3.94. The van der Waals surface area contributed by atoms with Crippen molar-refractivity contribution in [2.45, 2.75) is 38.4 Å². The van der Waals surface area contributed by atoms with Crippen LogP contribution < -0.4 is 14.8 Å². The zero-order chi connectivity index (χ0) is 26.6. The number of aromatic nitrogens is 1. The number of ether oxygens (including phenoxy) is 2. The van der Waals surface area contributed by atoms with Crippen LogP contribution in [0.5, 0.6) is 11.5 Å². The maximum atomic E-state index is 13.1. The van der Waals surface area contributed by atoms with Gasteiger partial charge >= 0.3 is 6.18 Å². The van der Waals surface area contributed by atoms with Gasteiger partial charge in [-0.25, -0.2) is 0 Å². The maximum absolute atomic E-state index is 13.1. The second kappa shape index (κ2) is 11.0. The Morgan fingerprint density at radius 3 is 2.46 bits per heavy atom. The number of aryl methyl sites for hydroxylation is 1. The fraction of sp³-hybridized carbons (Fsp3) is 0.276. The van der Waals surface area contributed by atoms with E-state index in [0.29, 0.717) is 17.1 Å². The normalized spacial score (nSPS) is 12.4. The van der Waals surface area contributed by atoms with Crippen molar-refractivity contribution in [3.05, 3.63) is 94.7 Å². The van der Waals surface area contributed by atoms with Crippen molar-refractivity contribution in [3.8, 4) is 11.5 Å². The molecular weight excluding hydrogens is 481 g/mol. The number of H-pyrrole nitrogens is 1. The van der Waals surface area contributed by atoms with Crippen LogP contribution >= 0.6 is 0 Å². The second-order valence-electron chi connectivity index (χ2n) is 8.78. The molecule has 0 aliphatic carbocycles. The number of para-hydroxylation sites is 1. The smallest absolute Gasteiger partial charge is 0.416 e. The van der Waals surface area contributed by atoms with Gasteiger partial charge in [0.1, 0.15) is 0 Å². The summed E-state index contributed by atoms with van der Waals surface area (Å²) in [6.07, 6.45) is -1.57. The summed E-state index contributed by atoms with van der Waals surface area (Å²) in [6.45, 7) is 2.08. The average molecular weight is 511 g/mol. The van der Waals surface area contributed by atoms with E-state index in [1.165, 1.54) is 11.6 Å². The van der Waals surface area contributed by atoms with Gasteiger partial charge in [-0.05, 0) is 52.9 Å². The summed E-state index contributed by atoms with van der Waals surface area (Å²) in [5, 5.41) is 3.81. The van der Waals surface area contributed by atoms with E-state index in [1.807, 2.05) is 30.5 Å². The summed E-state index contributed by atoms with van der Waals surface area (Å²) in [7, 11) is 3.11. The molecule has 37 heavy (non-hydrogen) atoms. The standard InChI is InChI=1S/C29H29F3N2O3/c1-4-19-8-6-10-22-24(17-34-28(19)22)23(20-11-12-25(36-2)26(14-20)37-3)15-27(35)33-16-18-7-5-9-21(13-18)29(30,31)32/h5-14,17,23,34H,4,15-16H2,1-3H3,(H,33,35)/t23-/m1/s1. The Kier molecular flexibility index (Phi) is 7.76. The molecule has 1 aromatic heterocycles. The molecule has 0 radical (unpaired) electrons. The number of hydrogen-bond donors (Lipinski definition) is 2. The first-order valence-corrected chi connectivity index (χ1v) is 12.0. The van der Waals surface area contributed by atoms with E-state index in [1.54, 1.807) is 26.4 Å². The van der Waals surface area contributed by atoms with Crippen LogP contribution in [0, 0.1) is 0 Å². The first-order valence-electron chi connectivity index (χ1n) is 12.0. The molecule has 3 aromatic carbocycles. The highest BCUT2D eigenvalue weighted by Crippen LogP contribution is 2.38. The number of rotatable bonds is 9. The summed E-state index contributed by atoms with van der Waals surface area (Å²) < 4.78 is 50.1. The minimum Gasteiger partial charge on any atom is -0.493 e. The zero-order valence-corrected chi connectivity index (χ0v) is 20.9. The van der Waals surface area contributed by atoms with Crippen molar-refractivity contribution in [1.29, 1.82) is 0 Å². The van der Waals surface area contributed by atoms with Gasteiger partial charge in [0, 0.05) is 36.0 Å². The largest absolute Gasteiger partial charge is 0.493 e. The van der Waals surface area contributed by atoms with Crippen LogP contribution in [-0.4, -0.2) is 25.1 Å². The van der Waals surface area contributed by atoms with Gasteiger partial charge in [-0.1, -0.05) is 43.3 Å². The van der Waals surface area contributed by atoms with Gasteiger partial charge in [0.25, 0.3) is 0 Å². The summed E-state index contributed by atoms with van der Waals surface area (Å²) >= 11 is 0. The number of methoxy groups -OCH3 is 2. The number of hydrogen-bond acceptors (Lipinski definition) is 3. The van der Waals surface area contributed by atoms with Gasteiger partial charge in [0.2, 0.25) is 5.91 Å². The molecule has 2 N–H and O–H groups in total. The minimum atomic E-state index is -4.44. The Labute approximate surface area is 213 Å². The van der Waals surface area contributed by atoms with Crippen molar-refractivity contribution in [1.82, 2.24) is 10.3 Å². The van der Waals surface area contributed by atoms with E-state index in [-0.39, 0.29) is 24.8 Å². The fourth-order valence-corrected chi connectivity index (χ4v) is 4.61. The van der Waals surface area contributed by atoms with Crippen molar-refractivity contribution >= 4 is 16.8 Å². The maximum Gasteiger partial charge on any atom is 0.416 e. The zero-order valence-electron chi connectivity index (χ0n) is 20.9. The van der Waals surface area contributed by atoms with Crippen LogP contribution in [0.1, 0.15) is 47.1 Å². The van der Waals surface area contributed by atoms with Crippen LogP contribution in [-0.2, 0) is 23.9 Å². The number of carbonyl (C=O) groups is 1. The van der Waals surface area contributed by atoms with Crippen molar-refractivity contribution in [2.75, 3.05) is 14.2 Å². The predicted molar refractivity (Wildman–Crippen MR) is 137 cm³/mol. The molecule has 1 amide bonds. The number of halogens is 3. The lowest BCUT2D eigenvalue weighted by Gasteiger charge is -2.19. The molecule has 1 atom stereocenters. The van der Waals surface area contributed by atoms with Gasteiger partial charge in [0.15, 0.2) is 11.5 Å². The van der Waals surface area contributed by atoms with Gasteiger partial charge in [-0.15, -0.1) is 0 Å². The van der Waals surface area contributed by atoms with E-state index in [2.05, 4.69) is 23.3 Å². The van der Waals surface area contributed by atoms with Crippen LogP contribution in [0.25, 0.3) is 10.9 Å². The van der Waals surface area contributed by atoms with Crippen molar-refractivity contribution in [3.63, 3.8) is 0 Å². The number of carbonyl (C=O) groups excluding carboxylic acids is 1. The Bertz CT molecular complexity index is 1390. The molecule has 194 valence electrons. The van der Waals surface area contributed by atoms with E-state index < -0.39 is 11.7 Å². The molecule has 5 nitrogen and oxygen atoms in total. The number of amides is 1. The molecule has 8 heteroatoms. The monoisotopic (exact) mass is 510 g/mol. The van der Waals surface area contributed by atoms with Crippen molar-refractivity contribution < 1.29 is 27.4 Å². The Morgan fingerprint density at radius 2 is 1.76 bits per heavy atom. The quantitative estimate of drug-likeness (QED) is 0.267. The van der Waals surface area contributed by atoms with E-state index in [4.69, 9.17) is 9.47 Å². The lowest BCUT2D eigenvalue weighted by molar-refractivity contribution is -0.137. The SMILES string of the molecule is CCc1cccc2c([C@H](CC(=O)NCc3cccc(C(F)(F)F)c3)c3ccc(OC)c(OC)c3)c[nH]c12. The highest BCUT2D eigenvalue weighted by molar-refractivity contribution is 5.88. The van der Waals surface area contributed by atoms with E-state index in [9.17, 15) is 18.0 Å². The predicted octanol–water partition coefficient (Wildman–Crippen LogP) is 6.60. The lowest BCUT2D eigenvalue weighted by Crippen LogP contribution is -2.25. The summed E-state index contributed by atoms with van der Waals surface area (Å²) in [5.74, 6) is 0.509. The van der Waals surface area contributed by atoms with Gasteiger partial charge in [-0.3, -0.25) is 4.79 Å². The molecule has 1 heterocycles. The Balaban J connectivity index is 1.65. The second-order valence-corrected chi connectivity index (χ2v) is 8.78. The number of fused-ring (bicyclic) bond motifs is 1. The summed E-state index contributed by atoms with van der Waals surface area (Å²) in [6, 6.07) is 16.6. The van der Waals surface area contributed by atoms with Gasteiger partial charge in [0.05, 0.1) is 19.8 Å². The summed E-state index contributed by atoms with van der Waals surface area (Å²) in [4.78, 5) is 16.5. The first-order chi connectivity index (χ1) is 17.7. The number of benzene rings is 3. The third-order valence-electron chi connectivity index (χ3n) is 6.53. The van der Waals surface area contributed by atoms with E-state index in [0.717, 1.165) is 40.6 Å². The fourth-order valence-electron chi connectivity index (χ4n) is 4.61. The molecule has 0 unspecified atom stereocenters. The molecule has 0 saturated carbocycles. The Morgan fingerprint density at radius 1 is 1.00 bits per heavy atom. The summed E-state index contributed by atoms with van der Waals surface area (Å²) in [5.41, 5.74) is 3.64. The third kappa shape index (κ3) is 5.74. The van der Waals surface area contributed by atoms with Crippen LogP contribution in [0.2, 0.25) is 0 Å². The molecule has 4 aromatic rings. The number of alkyl halides is 3. The van der Waals surface area contributed by atoms with Gasteiger partial charge < -0.3 is 19.8 Å². The van der Waals surface area contributed by atoms with E-state index >= 15 is 0 Å². The topological polar surface area (TPSA) is 63.4 Å². The molecule has 0 aliphatic rings. The molecule has 0 saturated heterocycles. The molecule has 0 bridgehead atoms. The molecule has 0 spiro atoms. The molecule has 4 rings (SSSR count). The molecule has 0 fully saturated rings. The highest BCUT2D eigenvalue weighted by atomic mass is 19.4.